The van der Waals surface area contributed by atoms with Gasteiger partial charge in [-0.25, -0.2) is 0 Å². The summed E-state index contributed by atoms with van der Waals surface area (Å²) in [5, 5.41) is 3.54. The molecule has 4 nitrogen and oxygen atoms in total. The highest BCUT2D eigenvalue weighted by Crippen LogP contribution is 2.17. The second-order valence-corrected chi connectivity index (χ2v) is 6.94. The summed E-state index contributed by atoms with van der Waals surface area (Å²) < 4.78 is 0. The molecule has 136 valence electrons. The van der Waals surface area contributed by atoms with Crippen LogP contribution in [0.5, 0.6) is 0 Å². The van der Waals surface area contributed by atoms with Crippen LogP contribution in [0.1, 0.15) is 11.1 Å². The first kappa shape index (κ1) is 18.5. The maximum atomic E-state index is 12.0. The van der Waals surface area contributed by atoms with Crippen LogP contribution in [0, 0.1) is 0 Å². The van der Waals surface area contributed by atoms with Crippen LogP contribution >= 0.6 is 11.6 Å². The molecule has 5 heteroatoms. The summed E-state index contributed by atoms with van der Waals surface area (Å²) in [6.45, 7) is 4.80. The molecule has 0 radical (unpaired) electrons. The number of piperazine rings is 1. The van der Waals surface area contributed by atoms with Gasteiger partial charge < -0.3 is 15.1 Å². The summed E-state index contributed by atoms with van der Waals surface area (Å²) in [5.74, 6) is -0.131. The maximum absolute atomic E-state index is 12.0. The van der Waals surface area contributed by atoms with Crippen molar-refractivity contribution in [2.45, 2.75) is 6.54 Å². The first-order valence-corrected chi connectivity index (χ1v) is 9.22. The Labute approximate surface area is 160 Å². The summed E-state index contributed by atoms with van der Waals surface area (Å²) in [5.41, 5.74) is 3.16. The molecule has 0 aromatic heterocycles. The fraction of sp³-hybridized carbons (Fsp3) is 0.286. The van der Waals surface area contributed by atoms with E-state index in [1.165, 1.54) is 11.8 Å². The van der Waals surface area contributed by atoms with Gasteiger partial charge in [0.25, 0.3) is 0 Å². The molecule has 0 bridgehead atoms. The van der Waals surface area contributed by atoms with Gasteiger partial charge in [-0.05, 0) is 42.4 Å². The molecule has 2 aromatic rings. The predicted octanol–water partition coefficient (Wildman–Crippen LogP) is 3.42. The molecule has 1 amide bonds. The van der Waals surface area contributed by atoms with Crippen molar-refractivity contribution in [2.24, 2.45) is 0 Å². The number of benzene rings is 2. The molecule has 0 unspecified atom stereocenters. The van der Waals surface area contributed by atoms with Crippen LogP contribution in [0.4, 0.5) is 5.69 Å². The first-order valence-electron chi connectivity index (χ1n) is 8.85. The van der Waals surface area contributed by atoms with E-state index < -0.39 is 0 Å². The quantitative estimate of drug-likeness (QED) is 0.820. The molecular formula is C21H24ClN3O. The highest BCUT2D eigenvalue weighted by molar-refractivity contribution is 6.32. The van der Waals surface area contributed by atoms with Gasteiger partial charge in [0, 0.05) is 49.5 Å². The van der Waals surface area contributed by atoms with E-state index in [9.17, 15) is 4.79 Å². The van der Waals surface area contributed by atoms with Gasteiger partial charge in [-0.3, -0.25) is 4.79 Å². The van der Waals surface area contributed by atoms with Gasteiger partial charge in [0.1, 0.15) is 0 Å². The van der Waals surface area contributed by atoms with Crippen molar-refractivity contribution in [3.63, 3.8) is 0 Å². The highest BCUT2D eigenvalue weighted by atomic mass is 35.5. The third-order valence-electron chi connectivity index (χ3n) is 4.59. The fourth-order valence-electron chi connectivity index (χ4n) is 2.91. The lowest BCUT2D eigenvalue weighted by molar-refractivity contribution is -0.116. The van der Waals surface area contributed by atoms with E-state index in [1.54, 1.807) is 12.1 Å². The Bertz CT molecular complexity index is 765. The van der Waals surface area contributed by atoms with Gasteiger partial charge in [0.05, 0.1) is 0 Å². The molecule has 1 aliphatic heterocycles. The third kappa shape index (κ3) is 5.10. The number of anilines is 1. The lowest BCUT2D eigenvalue weighted by atomic mass is 10.1. The molecule has 2 aromatic carbocycles. The van der Waals surface area contributed by atoms with Crippen molar-refractivity contribution < 1.29 is 4.79 Å². The second-order valence-electron chi connectivity index (χ2n) is 6.53. The smallest absolute Gasteiger partial charge is 0.244 e. The molecule has 0 atom stereocenters. The summed E-state index contributed by atoms with van der Waals surface area (Å²) in [6, 6.07) is 15.9. The number of rotatable bonds is 5. The minimum Gasteiger partial charge on any atom is -0.369 e. The van der Waals surface area contributed by atoms with Crippen molar-refractivity contribution in [1.82, 2.24) is 10.2 Å². The summed E-state index contributed by atoms with van der Waals surface area (Å²) in [4.78, 5) is 16.7. The topological polar surface area (TPSA) is 35.6 Å². The Morgan fingerprint density at radius 1 is 1.08 bits per heavy atom. The lowest BCUT2D eigenvalue weighted by Crippen LogP contribution is -2.44. The average Bonchev–Trinajstić information content (AvgIpc) is 2.67. The van der Waals surface area contributed by atoms with Gasteiger partial charge in [0.2, 0.25) is 5.91 Å². The highest BCUT2D eigenvalue weighted by Gasteiger charge is 2.13. The number of carbonyl (C=O) groups excluding carboxylic acids is 1. The van der Waals surface area contributed by atoms with Crippen molar-refractivity contribution in [3.8, 4) is 0 Å². The number of nitrogens with zero attached hydrogens (tertiary/aromatic N) is 2. The van der Waals surface area contributed by atoms with Gasteiger partial charge in [-0.1, -0.05) is 41.9 Å². The number of hydrogen-bond acceptors (Lipinski definition) is 3. The van der Waals surface area contributed by atoms with Gasteiger partial charge in [-0.15, -0.1) is 0 Å². The fourth-order valence-corrected chi connectivity index (χ4v) is 3.11. The summed E-state index contributed by atoms with van der Waals surface area (Å²) in [6.07, 6.45) is 3.24. The maximum Gasteiger partial charge on any atom is 0.244 e. The zero-order valence-corrected chi connectivity index (χ0v) is 15.7. The molecule has 1 saturated heterocycles. The normalized spacial score (nSPS) is 15.4. The average molecular weight is 370 g/mol. The molecule has 1 aliphatic rings. The number of nitrogens with one attached hydrogen (secondary N) is 1. The number of likely N-dealkylation sites (N-methyl/N-ethyl adjacent to an activating group) is 1. The van der Waals surface area contributed by atoms with E-state index in [4.69, 9.17) is 11.6 Å². The minimum atomic E-state index is -0.131. The standard InChI is InChI=1S/C21H24ClN3O/c1-24-12-14-25(15-13-24)19-9-6-17(7-10-19)16-23-21(26)11-8-18-4-2-3-5-20(18)22/h2-11H,12-16H2,1H3,(H,23,26)/b11-8+. The van der Waals surface area contributed by atoms with E-state index in [-0.39, 0.29) is 5.91 Å². The van der Waals surface area contributed by atoms with Crippen LogP contribution in [0.25, 0.3) is 6.08 Å². The Morgan fingerprint density at radius 2 is 1.77 bits per heavy atom. The largest absolute Gasteiger partial charge is 0.369 e. The van der Waals surface area contributed by atoms with Crippen LogP contribution in [0.15, 0.2) is 54.6 Å². The van der Waals surface area contributed by atoms with Crippen LogP contribution in [-0.4, -0.2) is 44.0 Å². The van der Waals surface area contributed by atoms with Gasteiger partial charge in [-0.2, -0.15) is 0 Å². The Kier molecular flexibility index (Phi) is 6.31. The van der Waals surface area contributed by atoms with Crippen molar-refractivity contribution in [1.29, 1.82) is 0 Å². The monoisotopic (exact) mass is 369 g/mol. The lowest BCUT2D eigenvalue weighted by Gasteiger charge is -2.34. The van der Waals surface area contributed by atoms with Crippen LogP contribution in [0.2, 0.25) is 5.02 Å². The first-order chi connectivity index (χ1) is 12.6. The molecule has 0 aliphatic carbocycles. The second kappa shape index (κ2) is 8.88. The summed E-state index contributed by atoms with van der Waals surface area (Å²) in [7, 11) is 2.16. The number of amides is 1. The third-order valence-corrected chi connectivity index (χ3v) is 4.94. The molecule has 0 saturated carbocycles. The van der Waals surface area contributed by atoms with Crippen molar-refractivity contribution in [3.05, 3.63) is 70.8 Å². The van der Waals surface area contributed by atoms with Crippen molar-refractivity contribution >= 4 is 29.3 Å². The van der Waals surface area contributed by atoms with E-state index in [1.807, 2.05) is 18.2 Å². The Morgan fingerprint density at radius 3 is 2.46 bits per heavy atom. The molecule has 0 spiro atoms. The zero-order valence-electron chi connectivity index (χ0n) is 15.0. The van der Waals surface area contributed by atoms with E-state index in [0.717, 1.165) is 37.3 Å². The van der Waals surface area contributed by atoms with Crippen molar-refractivity contribution in [2.75, 3.05) is 38.1 Å². The van der Waals surface area contributed by atoms with E-state index in [0.29, 0.717) is 11.6 Å². The Balaban J connectivity index is 1.50. The van der Waals surface area contributed by atoms with Gasteiger partial charge >= 0.3 is 0 Å². The zero-order chi connectivity index (χ0) is 18.4. The van der Waals surface area contributed by atoms with Crippen LogP contribution in [-0.2, 0) is 11.3 Å². The summed E-state index contributed by atoms with van der Waals surface area (Å²) >= 11 is 6.08. The minimum absolute atomic E-state index is 0.131. The molecule has 3 rings (SSSR count). The Hall–Kier alpha value is -2.30. The molecule has 1 fully saturated rings. The van der Waals surface area contributed by atoms with Gasteiger partial charge in [0.15, 0.2) is 0 Å². The van der Waals surface area contributed by atoms with E-state index in [2.05, 4.69) is 46.4 Å². The van der Waals surface area contributed by atoms with Crippen LogP contribution < -0.4 is 10.2 Å². The molecule has 1 N–H and O–H groups in total. The predicted molar refractivity (Wildman–Crippen MR) is 108 cm³/mol. The van der Waals surface area contributed by atoms with E-state index >= 15 is 0 Å². The number of halogens is 1. The van der Waals surface area contributed by atoms with Crippen LogP contribution in [0.3, 0.4) is 0 Å². The molecule has 1 heterocycles. The molecule has 26 heavy (non-hydrogen) atoms. The molecular weight excluding hydrogens is 346 g/mol. The SMILES string of the molecule is CN1CCN(c2ccc(CNC(=O)/C=C/c3ccccc3Cl)cc2)CC1. The number of hydrogen-bond donors (Lipinski definition) is 1. The number of carbonyl (C=O) groups is 1.